The minimum Gasteiger partial charge on any atom is -0.375 e. The molecule has 0 radical (unpaired) electrons. The lowest BCUT2D eigenvalue weighted by Gasteiger charge is -2.34. The molecular weight excluding hydrogens is 454 g/mol. The Morgan fingerprint density at radius 2 is 1.86 bits per heavy atom. The monoisotopic (exact) mass is 499 g/mol. The largest absolute Gasteiger partial charge is 0.375 e. The average molecular weight is 500 g/mol. The van der Waals surface area contributed by atoms with Crippen molar-refractivity contribution in [3.8, 4) is 0 Å². The van der Waals surface area contributed by atoms with E-state index in [0.717, 1.165) is 57.9 Å². The summed E-state index contributed by atoms with van der Waals surface area (Å²) in [4.78, 5) is 19.8. The third-order valence-electron chi connectivity index (χ3n) is 7.86. The molecule has 3 N–H and O–H groups in total. The first-order valence-corrected chi connectivity index (χ1v) is 14.1. The summed E-state index contributed by atoms with van der Waals surface area (Å²) in [5.41, 5.74) is 1.29. The molecule has 0 bridgehead atoms. The van der Waals surface area contributed by atoms with Crippen LogP contribution in [0.1, 0.15) is 93.5 Å². The van der Waals surface area contributed by atoms with Crippen LogP contribution in [0.5, 0.6) is 0 Å². The van der Waals surface area contributed by atoms with Gasteiger partial charge in [-0.25, -0.2) is 0 Å². The lowest BCUT2D eigenvalue weighted by molar-refractivity contribution is -0.125. The van der Waals surface area contributed by atoms with Crippen molar-refractivity contribution >= 4 is 28.9 Å². The van der Waals surface area contributed by atoms with Gasteiger partial charge in [0.05, 0.1) is 11.9 Å². The number of carbonyl (C=O) groups excluding carboxylic acids is 1. The normalized spacial score (nSPS) is 21.2. The number of hydrogen-bond acceptors (Lipinski definition) is 5. The van der Waals surface area contributed by atoms with E-state index in [0.29, 0.717) is 17.7 Å². The lowest BCUT2D eigenvalue weighted by atomic mass is 10.0. The van der Waals surface area contributed by atoms with E-state index < -0.39 is 0 Å². The maximum Gasteiger partial charge on any atom is 0.223 e. The Morgan fingerprint density at radius 3 is 2.40 bits per heavy atom. The second-order valence-corrected chi connectivity index (χ2v) is 12.0. The Hall–Kier alpha value is -2.15. The molecule has 194 valence electrons. The number of carbonyl (C=O) groups is 1. The van der Waals surface area contributed by atoms with Crippen LogP contribution in [0.3, 0.4) is 0 Å². The van der Waals surface area contributed by atoms with E-state index in [9.17, 15) is 4.79 Å². The van der Waals surface area contributed by atoms with Crippen molar-refractivity contribution in [1.82, 2.24) is 15.1 Å². The van der Waals surface area contributed by atoms with Crippen molar-refractivity contribution in [2.24, 2.45) is 11.8 Å². The van der Waals surface area contributed by atoms with Gasteiger partial charge in [0.2, 0.25) is 5.91 Å². The SMILES string of the molecule is C=CN(CCC(NC(=O)C1CCCC1)c1cc(C)c(C)s1)C1CCC(N(C(C)=N)C(=N)C(C)C)C1. The van der Waals surface area contributed by atoms with E-state index in [1.165, 1.54) is 15.3 Å². The fourth-order valence-electron chi connectivity index (χ4n) is 5.64. The topological polar surface area (TPSA) is 83.3 Å². The second-order valence-electron chi connectivity index (χ2n) is 10.8. The van der Waals surface area contributed by atoms with Crippen LogP contribution in [-0.4, -0.2) is 46.0 Å². The van der Waals surface area contributed by atoms with Gasteiger partial charge in [0, 0.05) is 40.2 Å². The van der Waals surface area contributed by atoms with Crippen molar-refractivity contribution in [3.63, 3.8) is 0 Å². The van der Waals surface area contributed by atoms with Gasteiger partial charge in [0.25, 0.3) is 0 Å². The Labute approximate surface area is 216 Å². The zero-order valence-electron chi connectivity index (χ0n) is 22.3. The molecule has 2 aliphatic rings. The Balaban J connectivity index is 1.67. The summed E-state index contributed by atoms with van der Waals surface area (Å²) < 4.78 is 0. The Bertz CT molecular complexity index is 897. The van der Waals surface area contributed by atoms with E-state index in [1.54, 1.807) is 18.3 Å². The summed E-state index contributed by atoms with van der Waals surface area (Å²) in [6.45, 7) is 15.1. The molecule has 2 aliphatic carbocycles. The Kier molecular flexibility index (Phi) is 9.56. The number of aryl methyl sites for hydroxylation is 2. The number of rotatable bonds is 10. The third-order valence-corrected chi connectivity index (χ3v) is 9.13. The smallest absolute Gasteiger partial charge is 0.223 e. The van der Waals surface area contributed by atoms with Crippen molar-refractivity contribution < 1.29 is 4.79 Å². The first-order chi connectivity index (χ1) is 16.6. The van der Waals surface area contributed by atoms with Crippen molar-refractivity contribution in [1.29, 1.82) is 10.8 Å². The van der Waals surface area contributed by atoms with E-state index in [4.69, 9.17) is 10.8 Å². The van der Waals surface area contributed by atoms with Crippen molar-refractivity contribution in [2.75, 3.05) is 6.54 Å². The number of amides is 1. The van der Waals surface area contributed by atoms with Crippen molar-refractivity contribution in [3.05, 3.63) is 34.2 Å². The quantitative estimate of drug-likeness (QED) is 0.257. The summed E-state index contributed by atoms with van der Waals surface area (Å²) in [6.07, 6.45) is 10.1. The number of nitrogens with one attached hydrogen (secondary N) is 3. The fraction of sp³-hybridized carbons (Fsp3) is 0.679. The van der Waals surface area contributed by atoms with Crippen LogP contribution in [0.25, 0.3) is 0 Å². The fourth-order valence-corrected chi connectivity index (χ4v) is 6.77. The van der Waals surface area contributed by atoms with Crippen LogP contribution in [0.4, 0.5) is 0 Å². The van der Waals surface area contributed by atoms with Crippen LogP contribution in [-0.2, 0) is 4.79 Å². The van der Waals surface area contributed by atoms with Gasteiger partial charge in [0.1, 0.15) is 5.84 Å². The molecule has 3 rings (SSSR count). The highest BCUT2D eigenvalue weighted by Gasteiger charge is 2.35. The number of hydrogen-bond donors (Lipinski definition) is 3. The van der Waals surface area contributed by atoms with Gasteiger partial charge in [0.15, 0.2) is 0 Å². The maximum absolute atomic E-state index is 13.0. The molecule has 1 aromatic rings. The van der Waals surface area contributed by atoms with E-state index >= 15 is 0 Å². The van der Waals surface area contributed by atoms with Crippen LogP contribution in [0.2, 0.25) is 0 Å². The molecule has 0 saturated heterocycles. The molecule has 7 heteroatoms. The van der Waals surface area contributed by atoms with Crippen LogP contribution < -0.4 is 5.32 Å². The predicted octanol–water partition coefficient (Wildman–Crippen LogP) is 6.40. The van der Waals surface area contributed by atoms with Gasteiger partial charge in [-0.05, 0) is 77.1 Å². The van der Waals surface area contributed by atoms with Crippen LogP contribution in [0.15, 0.2) is 18.8 Å². The highest BCUT2D eigenvalue weighted by Crippen LogP contribution is 2.33. The van der Waals surface area contributed by atoms with Gasteiger partial charge in [-0.2, -0.15) is 0 Å². The predicted molar refractivity (Wildman–Crippen MR) is 147 cm³/mol. The highest BCUT2D eigenvalue weighted by molar-refractivity contribution is 7.12. The number of thiophene rings is 1. The lowest BCUT2D eigenvalue weighted by Crippen LogP contribution is -2.44. The van der Waals surface area contributed by atoms with Gasteiger partial charge in [-0.15, -0.1) is 11.3 Å². The summed E-state index contributed by atoms with van der Waals surface area (Å²) >= 11 is 1.80. The highest BCUT2D eigenvalue weighted by atomic mass is 32.1. The summed E-state index contributed by atoms with van der Waals surface area (Å²) in [7, 11) is 0. The standard InChI is InChI=1S/C28H45N5OS/c1-7-32(23-12-13-24(17-23)33(21(6)29)27(30)18(2)3)15-14-25(26-16-19(4)20(5)35-26)31-28(34)22-10-8-9-11-22/h7,16,18,22-25,29-30H,1,8-15,17H2,2-6H3,(H,31,34). The third kappa shape index (κ3) is 6.75. The van der Waals surface area contributed by atoms with E-state index in [-0.39, 0.29) is 29.8 Å². The summed E-state index contributed by atoms with van der Waals surface area (Å²) in [5.74, 6) is 1.47. The number of nitrogens with zero attached hydrogens (tertiary/aromatic N) is 2. The van der Waals surface area contributed by atoms with Crippen LogP contribution in [0, 0.1) is 36.5 Å². The van der Waals surface area contributed by atoms with Gasteiger partial charge >= 0.3 is 0 Å². The summed E-state index contributed by atoms with van der Waals surface area (Å²) in [6, 6.07) is 2.80. The molecular formula is C28H45N5OS. The minimum absolute atomic E-state index is 0.0228. The molecule has 0 spiro atoms. The van der Waals surface area contributed by atoms with Gasteiger partial charge in [-0.1, -0.05) is 33.3 Å². The molecule has 2 saturated carbocycles. The molecule has 35 heavy (non-hydrogen) atoms. The van der Waals surface area contributed by atoms with Gasteiger partial charge in [-0.3, -0.25) is 15.6 Å². The molecule has 3 unspecified atom stereocenters. The van der Waals surface area contributed by atoms with Crippen molar-refractivity contribution in [2.45, 2.75) is 104 Å². The first kappa shape index (κ1) is 27.4. The van der Waals surface area contributed by atoms with E-state index in [2.05, 4.69) is 36.7 Å². The molecule has 1 heterocycles. The van der Waals surface area contributed by atoms with E-state index in [1.807, 2.05) is 24.9 Å². The molecule has 1 amide bonds. The second kappa shape index (κ2) is 12.2. The summed E-state index contributed by atoms with van der Waals surface area (Å²) in [5, 5.41) is 20.2. The molecule has 6 nitrogen and oxygen atoms in total. The minimum atomic E-state index is 0.0228. The Morgan fingerprint density at radius 1 is 1.20 bits per heavy atom. The maximum atomic E-state index is 13.0. The zero-order valence-corrected chi connectivity index (χ0v) is 23.1. The number of amidine groups is 2. The van der Waals surface area contributed by atoms with Crippen LogP contribution >= 0.6 is 11.3 Å². The molecule has 3 atom stereocenters. The molecule has 2 fully saturated rings. The molecule has 1 aromatic heterocycles. The first-order valence-electron chi connectivity index (χ1n) is 13.3. The molecule has 0 aliphatic heterocycles. The average Bonchev–Trinajstić information content (AvgIpc) is 3.56. The zero-order chi connectivity index (χ0) is 25.7. The van der Waals surface area contributed by atoms with Gasteiger partial charge < -0.3 is 15.1 Å². The molecule has 0 aromatic carbocycles.